The van der Waals surface area contributed by atoms with Crippen molar-refractivity contribution in [1.29, 1.82) is 0 Å². The second kappa shape index (κ2) is 6.97. The van der Waals surface area contributed by atoms with Gasteiger partial charge in [-0.1, -0.05) is 42.5 Å². The molecule has 4 rings (SSSR count). The second-order valence-corrected chi connectivity index (χ2v) is 8.15. The quantitative estimate of drug-likeness (QED) is 0.501. The lowest BCUT2D eigenvalue weighted by Crippen LogP contribution is -2.25. The molecule has 0 fully saturated rings. The maximum absolute atomic E-state index is 12.9. The van der Waals surface area contributed by atoms with Crippen LogP contribution >= 0.6 is 22.7 Å². The van der Waals surface area contributed by atoms with Gasteiger partial charge < -0.3 is 4.90 Å². The van der Waals surface area contributed by atoms with E-state index in [-0.39, 0.29) is 5.91 Å². The van der Waals surface area contributed by atoms with Gasteiger partial charge in [0.2, 0.25) is 0 Å². The smallest absolute Gasteiger partial charge is 0.265 e. The first-order valence-electron chi connectivity index (χ1n) is 8.24. The highest BCUT2D eigenvalue weighted by Gasteiger charge is 2.20. The number of carbonyl (C=O) groups is 1. The fourth-order valence-corrected chi connectivity index (χ4v) is 4.82. The number of para-hydroxylation sites is 1. The van der Waals surface area contributed by atoms with Gasteiger partial charge in [-0.3, -0.25) is 4.79 Å². The summed E-state index contributed by atoms with van der Waals surface area (Å²) in [6.45, 7) is 2.39. The van der Waals surface area contributed by atoms with E-state index in [1.165, 1.54) is 11.3 Å². The third-order valence-corrected chi connectivity index (χ3v) is 6.28. The summed E-state index contributed by atoms with van der Waals surface area (Å²) in [6.07, 6.45) is 0. The minimum Gasteiger partial charge on any atom is -0.334 e. The van der Waals surface area contributed by atoms with E-state index in [1.807, 2.05) is 62.5 Å². The molecule has 1 amide bonds. The zero-order valence-electron chi connectivity index (χ0n) is 14.5. The summed E-state index contributed by atoms with van der Waals surface area (Å²) < 4.78 is 1.14. The number of aryl methyl sites for hydroxylation is 1. The number of hydrogen-bond acceptors (Lipinski definition) is 5. The van der Waals surface area contributed by atoms with Crippen molar-refractivity contribution in [3.05, 3.63) is 70.2 Å². The summed E-state index contributed by atoms with van der Waals surface area (Å²) >= 11 is 3.07. The van der Waals surface area contributed by atoms with Gasteiger partial charge in [0, 0.05) is 12.6 Å². The number of fused-ring (bicyclic) bond motifs is 1. The summed E-state index contributed by atoms with van der Waals surface area (Å²) in [5.41, 5.74) is 2.79. The highest BCUT2D eigenvalue weighted by molar-refractivity contribution is 7.18. The van der Waals surface area contributed by atoms with Crippen molar-refractivity contribution in [1.82, 2.24) is 14.9 Å². The van der Waals surface area contributed by atoms with Gasteiger partial charge in [-0.15, -0.1) is 22.7 Å². The minimum absolute atomic E-state index is 0.0126. The molecule has 130 valence electrons. The Bertz CT molecular complexity index is 1040. The lowest BCUT2D eigenvalue weighted by molar-refractivity contribution is 0.0789. The second-order valence-electron chi connectivity index (χ2n) is 6.04. The van der Waals surface area contributed by atoms with Crippen LogP contribution in [0, 0.1) is 6.92 Å². The zero-order chi connectivity index (χ0) is 18.1. The molecule has 0 bridgehead atoms. The Balaban J connectivity index is 1.56. The van der Waals surface area contributed by atoms with Gasteiger partial charge in [0.15, 0.2) is 0 Å². The van der Waals surface area contributed by atoms with E-state index in [2.05, 4.69) is 16.0 Å². The van der Waals surface area contributed by atoms with Crippen LogP contribution in [-0.2, 0) is 6.54 Å². The minimum atomic E-state index is -0.0126. The van der Waals surface area contributed by atoms with Crippen molar-refractivity contribution in [3.63, 3.8) is 0 Å². The van der Waals surface area contributed by atoms with Crippen LogP contribution in [0.4, 0.5) is 0 Å². The number of nitrogens with zero attached hydrogens (tertiary/aromatic N) is 3. The first-order valence-corrected chi connectivity index (χ1v) is 9.88. The molecule has 4 nitrogen and oxygen atoms in total. The Morgan fingerprint density at radius 1 is 1.00 bits per heavy atom. The molecule has 0 aliphatic rings. The van der Waals surface area contributed by atoms with Crippen LogP contribution in [0.3, 0.4) is 0 Å². The molecule has 2 aromatic carbocycles. The van der Waals surface area contributed by atoms with Gasteiger partial charge in [0.05, 0.1) is 22.5 Å². The number of rotatable bonds is 4. The molecule has 0 radical (unpaired) electrons. The number of benzene rings is 2. The van der Waals surface area contributed by atoms with Gasteiger partial charge in [0.1, 0.15) is 14.9 Å². The van der Waals surface area contributed by atoms with Crippen molar-refractivity contribution >= 4 is 38.8 Å². The maximum Gasteiger partial charge on any atom is 0.265 e. The lowest BCUT2D eigenvalue weighted by Gasteiger charge is -2.14. The Kier molecular flexibility index (Phi) is 4.53. The highest BCUT2D eigenvalue weighted by atomic mass is 32.1. The predicted octanol–water partition coefficient (Wildman–Crippen LogP) is 5.00. The lowest BCUT2D eigenvalue weighted by atomic mass is 10.2. The third-order valence-electron chi connectivity index (χ3n) is 4.07. The predicted molar refractivity (Wildman–Crippen MR) is 108 cm³/mol. The number of thiazole rings is 2. The van der Waals surface area contributed by atoms with Gasteiger partial charge >= 0.3 is 0 Å². The monoisotopic (exact) mass is 379 g/mol. The van der Waals surface area contributed by atoms with Crippen molar-refractivity contribution in [2.24, 2.45) is 0 Å². The summed E-state index contributed by atoms with van der Waals surface area (Å²) in [6, 6.07) is 18.0. The van der Waals surface area contributed by atoms with Crippen molar-refractivity contribution in [2.75, 3.05) is 7.05 Å². The topological polar surface area (TPSA) is 46.1 Å². The molecule has 0 unspecified atom stereocenters. The molecule has 0 aliphatic carbocycles. The maximum atomic E-state index is 12.9. The molecule has 0 aliphatic heterocycles. The molecule has 4 aromatic rings. The van der Waals surface area contributed by atoms with E-state index >= 15 is 0 Å². The summed E-state index contributed by atoms with van der Waals surface area (Å²) in [4.78, 5) is 24.5. The van der Waals surface area contributed by atoms with Crippen LogP contribution in [0.5, 0.6) is 0 Å². The fourth-order valence-electron chi connectivity index (χ4n) is 2.73. The van der Waals surface area contributed by atoms with Crippen LogP contribution in [-0.4, -0.2) is 27.8 Å². The SMILES string of the molecule is Cc1nc(-c2ccccc2)sc1C(=O)N(C)Cc1nc2ccccc2s1. The van der Waals surface area contributed by atoms with Gasteiger partial charge in [-0.25, -0.2) is 9.97 Å². The summed E-state index contributed by atoms with van der Waals surface area (Å²) in [5.74, 6) is -0.0126. The fraction of sp³-hybridized carbons (Fsp3) is 0.150. The average Bonchev–Trinajstić information content (AvgIpc) is 3.24. The molecule has 0 atom stereocenters. The molecule has 0 saturated heterocycles. The molecule has 2 heterocycles. The van der Waals surface area contributed by atoms with Gasteiger partial charge in [-0.2, -0.15) is 0 Å². The molecule has 26 heavy (non-hydrogen) atoms. The zero-order valence-corrected chi connectivity index (χ0v) is 16.1. The first-order chi connectivity index (χ1) is 12.6. The van der Waals surface area contributed by atoms with E-state index in [0.29, 0.717) is 11.4 Å². The molecule has 2 aromatic heterocycles. The molecular weight excluding hydrogens is 362 g/mol. The Morgan fingerprint density at radius 3 is 2.50 bits per heavy atom. The van der Waals surface area contributed by atoms with Crippen molar-refractivity contribution in [2.45, 2.75) is 13.5 Å². The van der Waals surface area contributed by atoms with Crippen LogP contribution in [0.2, 0.25) is 0 Å². The van der Waals surface area contributed by atoms with Crippen molar-refractivity contribution in [3.8, 4) is 10.6 Å². The average molecular weight is 380 g/mol. The van der Waals surface area contributed by atoms with Crippen molar-refractivity contribution < 1.29 is 4.79 Å². The summed E-state index contributed by atoms with van der Waals surface area (Å²) in [7, 11) is 1.82. The Morgan fingerprint density at radius 2 is 1.73 bits per heavy atom. The number of aromatic nitrogens is 2. The first kappa shape index (κ1) is 16.9. The third kappa shape index (κ3) is 3.25. The van der Waals surface area contributed by atoms with Crippen LogP contribution in [0.25, 0.3) is 20.8 Å². The van der Waals surface area contributed by atoms with E-state index in [1.54, 1.807) is 16.2 Å². The molecule has 0 saturated carbocycles. The normalized spacial score (nSPS) is 11.0. The molecule has 6 heteroatoms. The van der Waals surface area contributed by atoms with E-state index in [0.717, 1.165) is 31.5 Å². The Hall–Kier alpha value is -2.57. The van der Waals surface area contributed by atoms with E-state index in [4.69, 9.17) is 0 Å². The van der Waals surface area contributed by atoms with E-state index in [9.17, 15) is 4.79 Å². The highest BCUT2D eigenvalue weighted by Crippen LogP contribution is 2.29. The number of amides is 1. The van der Waals surface area contributed by atoms with E-state index < -0.39 is 0 Å². The largest absolute Gasteiger partial charge is 0.334 e. The van der Waals surface area contributed by atoms with Crippen LogP contribution in [0.15, 0.2) is 54.6 Å². The molecular formula is C20H17N3OS2. The van der Waals surface area contributed by atoms with Crippen LogP contribution in [0.1, 0.15) is 20.4 Å². The Labute approximate surface area is 159 Å². The molecule has 0 spiro atoms. The van der Waals surface area contributed by atoms with Crippen LogP contribution < -0.4 is 0 Å². The molecule has 0 N–H and O–H groups in total. The summed E-state index contributed by atoms with van der Waals surface area (Å²) in [5, 5.41) is 1.81. The van der Waals surface area contributed by atoms with Gasteiger partial charge in [0.25, 0.3) is 5.91 Å². The number of carbonyl (C=O) groups excluding carboxylic acids is 1. The standard InChI is InChI=1S/C20H17N3OS2/c1-13-18(26-19(21-13)14-8-4-3-5-9-14)20(24)23(2)12-17-22-15-10-6-7-11-16(15)25-17/h3-11H,12H2,1-2H3. The number of hydrogen-bond donors (Lipinski definition) is 0. The van der Waals surface area contributed by atoms with Gasteiger partial charge in [-0.05, 0) is 19.1 Å².